The van der Waals surface area contributed by atoms with E-state index in [1.807, 2.05) is 48.5 Å². The summed E-state index contributed by atoms with van der Waals surface area (Å²) in [5.74, 6) is 4.52. The van der Waals surface area contributed by atoms with E-state index in [-0.39, 0.29) is 29.2 Å². The summed E-state index contributed by atoms with van der Waals surface area (Å²) in [7, 11) is 0. The average molecular weight is 560 g/mol. The van der Waals surface area contributed by atoms with Gasteiger partial charge in [-0.3, -0.25) is 4.79 Å². The molecule has 0 aliphatic carbocycles. The molecule has 4 aromatic rings. The van der Waals surface area contributed by atoms with Crippen LogP contribution in [0.15, 0.2) is 91.0 Å². The van der Waals surface area contributed by atoms with Gasteiger partial charge in [-0.05, 0) is 89.5 Å². The predicted molar refractivity (Wildman–Crippen MR) is 168 cm³/mol. The van der Waals surface area contributed by atoms with E-state index < -0.39 is 5.97 Å². The zero-order valence-corrected chi connectivity index (χ0v) is 24.6. The minimum absolute atomic E-state index is 0.0582. The minimum Gasteiger partial charge on any atom is -0.507 e. The molecule has 0 saturated heterocycles. The molecule has 1 amide bonds. The van der Waals surface area contributed by atoms with Crippen LogP contribution in [0, 0.1) is 11.8 Å². The van der Waals surface area contributed by atoms with Gasteiger partial charge in [0.15, 0.2) is 0 Å². The molecule has 4 rings (SSSR count). The summed E-state index contributed by atoms with van der Waals surface area (Å²) in [5.41, 5.74) is 5.61. The maximum Gasteiger partial charge on any atom is 0.339 e. The van der Waals surface area contributed by atoms with Gasteiger partial charge >= 0.3 is 5.97 Å². The highest BCUT2D eigenvalue weighted by Gasteiger charge is 2.22. The number of nitrogens with zero attached hydrogens (tertiary/aromatic N) is 1. The fourth-order valence-electron chi connectivity index (χ4n) is 4.57. The van der Waals surface area contributed by atoms with Crippen molar-refractivity contribution in [1.82, 2.24) is 0 Å². The molecular formula is C37H37NO4. The Balaban J connectivity index is 1.59. The number of carbonyl (C=O) groups excluding carboxylic acids is 1. The van der Waals surface area contributed by atoms with Gasteiger partial charge in [0.2, 0.25) is 0 Å². The van der Waals surface area contributed by atoms with Crippen molar-refractivity contribution in [1.29, 1.82) is 0 Å². The first-order valence-corrected chi connectivity index (χ1v) is 14.2. The van der Waals surface area contributed by atoms with Crippen molar-refractivity contribution in [2.75, 3.05) is 4.90 Å². The quantitative estimate of drug-likeness (QED) is 0.215. The Hall–Kier alpha value is -4.82. The number of aromatic hydroxyl groups is 1. The number of aryl methyl sites for hydroxylation is 1. The lowest BCUT2D eigenvalue weighted by Crippen LogP contribution is -2.30. The lowest BCUT2D eigenvalue weighted by molar-refractivity contribution is 0.0693. The molecule has 0 fully saturated rings. The Kier molecular flexibility index (Phi) is 9.49. The summed E-state index contributed by atoms with van der Waals surface area (Å²) < 4.78 is 0. The Morgan fingerprint density at radius 2 is 1.36 bits per heavy atom. The number of benzene rings is 4. The fourth-order valence-corrected chi connectivity index (χ4v) is 4.57. The summed E-state index contributed by atoms with van der Waals surface area (Å²) in [6.45, 7) is 8.72. The molecule has 214 valence electrons. The average Bonchev–Trinajstić information content (AvgIpc) is 2.98. The van der Waals surface area contributed by atoms with Crippen molar-refractivity contribution in [3.05, 3.63) is 130 Å². The van der Waals surface area contributed by atoms with Crippen LogP contribution in [0.5, 0.6) is 5.75 Å². The molecule has 0 spiro atoms. The number of aromatic carboxylic acids is 1. The summed E-state index contributed by atoms with van der Waals surface area (Å²) in [6.07, 6.45) is 3.43. The first-order valence-electron chi connectivity index (χ1n) is 14.2. The number of carboxylic acid groups (broad SMARTS) is 1. The molecule has 5 heteroatoms. The number of carbonyl (C=O) groups is 2. The summed E-state index contributed by atoms with van der Waals surface area (Å²) in [5, 5.41) is 19.6. The third-order valence-electron chi connectivity index (χ3n) is 7.18. The van der Waals surface area contributed by atoms with Gasteiger partial charge in [-0.2, -0.15) is 0 Å². The minimum atomic E-state index is -1.27. The molecule has 0 radical (unpaired) electrons. The second-order valence-electron chi connectivity index (χ2n) is 11.5. The van der Waals surface area contributed by atoms with Crippen LogP contribution < -0.4 is 4.90 Å². The molecule has 4 aromatic carbocycles. The van der Waals surface area contributed by atoms with Gasteiger partial charge in [-0.15, -0.1) is 0 Å². The molecule has 0 aliphatic heterocycles. The van der Waals surface area contributed by atoms with E-state index >= 15 is 0 Å². The van der Waals surface area contributed by atoms with Gasteiger partial charge in [0.05, 0.1) is 6.54 Å². The van der Waals surface area contributed by atoms with Crippen molar-refractivity contribution in [3.63, 3.8) is 0 Å². The van der Waals surface area contributed by atoms with Crippen LogP contribution >= 0.6 is 0 Å². The van der Waals surface area contributed by atoms with Gasteiger partial charge in [0.1, 0.15) is 11.3 Å². The van der Waals surface area contributed by atoms with Crippen molar-refractivity contribution in [3.8, 4) is 17.6 Å². The molecule has 0 atom stereocenters. The van der Waals surface area contributed by atoms with E-state index in [0.29, 0.717) is 11.3 Å². The van der Waals surface area contributed by atoms with Gasteiger partial charge < -0.3 is 15.1 Å². The van der Waals surface area contributed by atoms with Crippen molar-refractivity contribution in [2.45, 2.75) is 58.9 Å². The second kappa shape index (κ2) is 13.2. The fraction of sp³-hybridized carbons (Fsp3) is 0.243. The lowest BCUT2D eigenvalue weighted by atomic mass is 9.86. The van der Waals surface area contributed by atoms with Gasteiger partial charge in [0, 0.05) is 22.4 Å². The summed E-state index contributed by atoms with van der Waals surface area (Å²) in [4.78, 5) is 27.0. The summed E-state index contributed by atoms with van der Waals surface area (Å²) in [6, 6.07) is 27.7. The van der Waals surface area contributed by atoms with E-state index in [4.69, 9.17) is 0 Å². The number of anilines is 1. The molecule has 0 aliphatic rings. The molecule has 5 nitrogen and oxygen atoms in total. The van der Waals surface area contributed by atoms with E-state index in [1.165, 1.54) is 35.4 Å². The first kappa shape index (κ1) is 30.1. The maximum absolute atomic E-state index is 13.8. The normalized spacial score (nSPS) is 11.0. The Morgan fingerprint density at radius 1 is 0.786 bits per heavy atom. The number of carboxylic acids is 1. The molecule has 0 bridgehead atoms. The van der Waals surface area contributed by atoms with Gasteiger partial charge in [-0.1, -0.05) is 82.4 Å². The summed E-state index contributed by atoms with van der Waals surface area (Å²) >= 11 is 0. The van der Waals surface area contributed by atoms with Crippen molar-refractivity contribution in [2.24, 2.45) is 0 Å². The molecule has 42 heavy (non-hydrogen) atoms. The molecule has 0 saturated carbocycles. The van der Waals surface area contributed by atoms with Crippen LogP contribution in [0.1, 0.15) is 89.1 Å². The zero-order valence-electron chi connectivity index (χ0n) is 24.6. The van der Waals surface area contributed by atoms with Crippen LogP contribution in [-0.4, -0.2) is 22.1 Å². The van der Waals surface area contributed by atoms with E-state index in [2.05, 4.69) is 51.7 Å². The molecule has 0 heterocycles. The molecule has 2 N–H and O–H groups in total. The Labute approximate surface area is 248 Å². The van der Waals surface area contributed by atoms with Crippen LogP contribution in [0.3, 0.4) is 0 Å². The predicted octanol–water partition coefficient (Wildman–Crippen LogP) is 7.98. The van der Waals surface area contributed by atoms with Crippen molar-refractivity contribution >= 4 is 17.6 Å². The van der Waals surface area contributed by atoms with Crippen LogP contribution in [0.25, 0.3) is 0 Å². The molecule has 0 unspecified atom stereocenters. The highest BCUT2D eigenvalue weighted by atomic mass is 16.4. The number of unbranched alkanes of at least 4 members (excludes halogenated alkanes) is 1. The molecule has 0 aromatic heterocycles. The first-order chi connectivity index (χ1) is 20.0. The third kappa shape index (κ3) is 7.67. The second-order valence-corrected chi connectivity index (χ2v) is 11.5. The van der Waals surface area contributed by atoms with Crippen LogP contribution in [0.2, 0.25) is 0 Å². The Bertz CT molecular complexity index is 1600. The van der Waals surface area contributed by atoms with Crippen LogP contribution in [0.4, 0.5) is 5.69 Å². The van der Waals surface area contributed by atoms with Crippen molar-refractivity contribution < 1.29 is 19.8 Å². The monoisotopic (exact) mass is 559 g/mol. The number of hydrogen-bond acceptors (Lipinski definition) is 3. The number of amides is 1. The van der Waals surface area contributed by atoms with Gasteiger partial charge in [-0.25, -0.2) is 4.79 Å². The molecular weight excluding hydrogens is 522 g/mol. The standard InChI is InChI=1S/C37H37NO4/c1-5-6-7-26-8-10-27(11-9-26)12-13-28-14-16-29(17-15-28)25-38(32-22-23-34(39)33(24-32)36(41)42)35(40)30-18-20-31(21-19-30)37(2,3)4/h8-11,14-24,39H,5-7,25H2,1-4H3,(H,41,42). The topological polar surface area (TPSA) is 77.8 Å². The maximum atomic E-state index is 13.8. The number of phenols is 1. The Morgan fingerprint density at radius 3 is 1.88 bits per heavy atom. The third-order valence-corrected chi connectivity index (χ3v) is 7.18. The highest BCUT2D eigenvalue weighted by Crippen LogP contribution is 2.28. The number of rotatable bonds is 8. The highest BCUT2D eigenvalue weighted by molar-refractivity contribution is 6.06. The van der Waals surface area contributed by atoms with E-state index in [9.17, 15) is 19.8 Å². The van der Waals surface area contributed by atoms with E-state index in [0.717, 1.165) is 28.7 Å². The SMILES string of the molecule is CCCCc1ccc(C#Cc2ccc(CN(C(=O)c3ccc(C(C)(C)C)cc3)c3ccc(O)c(C(=O)O)c3)cc2)cc1. The largest absolute Gasteiger partial charge is 0.507 e. The van der Waals surface area contributed by atoms with Crippen LogP contribution in [-0.2, 0) is 18.4 Å². The van der Waals surface area contributed by atoms with Gasteiger partial charge in [0.25, 0.3) is 5.91 Å². The number of hydrogen-bond donors (Lipinski definition) is 2. The lowest BCUT2D eigenvalue weighted by Gasteiger charge is -2.25. The smallest absolute Gasteiger partial charge is 0.339 e. The zero-order chi connectivity index (χ0) is 30.3. The van der Waals surface area contributed by atoms with E-state index in [1.54, 1.807) is 18.2 Å².